The molecule has 6 aliphatic carbocycles. The van der Waals surface area contributed by atoms with Gasteiger partial charge in [-0.25, -0.2) is 4.79 Å². The maximum Gasteiger partial charge on any atom is 0.333 e. The van der Waals surface area contributed by atoms with Gasteiger partial charge in [0, 0.05) is 5.57 Å². The summed E-state index contributed by atoms with van der Waals surface area (Å²) in [4.78, 5) is 11.2. The molecule has 9 atom stereocenters. The summed E-state index contributed by atoms with van der Waals surface area (Å²) < 4.78 is 5.17. The van der Waals surface area contributed by atoms with E-state index in [9.17, 15) is 4.79 Å². The lowest BCUT2D eigenvalue weighted by Gasteiger charge is -2.33. The van der Waals surface area contributed by atoms with E-state index in [1.54, 1.807) is 12.5 Å². The molecule has 0 amide bonds. The predicted molar refractivity (Wildman–Crippen MR) is 112 cm³/mol. The Morgan fingerprint density at radius 2 is 1.82 bits per heavy atom. The molecule has 9 unspecified atom stereocenters. The van der Waals surface area contributed by atoms with Crippen molar-refractivity contribution in [1.29, 1.82) is 0 Å². The molecule has 2 nitrogen and oxygen atoms in total. The zero-order valence-corrected chi connectivity index (χ0v) is 17.3. The fraction of sp³-hybridized carbons (Fsp3) is 0.654. The normalized spacial score (nSPS) is 46.8. The van der Waals surface area contributed by atoms with Crippen molar-refractivity contribution in [3.05, 3.63) is 48.1 Å². The molecule has 0 aromatic heterocycles. The van der Waals surface area contributed by atoms with Crippen LogP contribution in [0.5, 0.6) is 0 Å². The molecular weight excluding hydrogens is 344 g/mol. The van der Waals surface area contributed by atoms with Crippen LogP contribution in [0.1, 0.15) is 46.0 Å². The summed E-state index contributed by atoms with van der Waals surface area (Å²) in [6, 6.07) is 0. The summed E-state index contributed by atoms with van der Waals surface area (Å²) >= 11 is 0. The van der Waals surface area contributed by atoms with Crippen molar-refractivity contribution in [2.45, 2.75) is 46.0 Å². The van der Waals surface area contributed by atoms with Crippen molar-refractivity contribution in [1.82, 2.24) is 0 Å². The zero-order chi connectivity index (χ0) is 19.4. The first-order chi connectivity index (χ1) is 13.5. The van der Waals surface area contributed by atoms with Crippen molar-refractivity contribution < 1.29 is 9.53 Å². The van der Waals surface area contributed by atoms with Crippen molar-refractivity contribution in [2.24, 2.45) is 53.3 Å². The second-order valence-corrected chi connectivity index (χ2v) is 10.2. The summed E-state index contributed by atoms with van der Waals surface area (Å²) in [5, 5.41) is 0. The monoisotopic (exact) mass is 378 g/mol. The quantitative estimate of drug-likeness (QED) is 0.271. The molecule has 4 saturated carbocycles. The minimum absolute atomic E-state index is 0.253. The number of esters is 1. The molecule has 28 heavy (non-hydrogen) atoms. The van der Waals surface area contributed by atoms with Gasteiger partial charge < -0.3 is 4.74 Å². The van der Waals surface area contributed by atoms with Gasteiger partial charge in [0.25, 0.3) is 0 Å². The fourth-order valence-electron chi connectivity index (χ4n) is 7.57. The molecule has 150 valence electrons. The molecule has 4 fully saturated rings. The van der Waals surface area contributed by atoms with E-state index in [-0.39, 0.29) is 5.97 Å². The first-order valence-corrected chi connectivity index (χ1v) is 11.4. The summed E-state index contributed by atoms with van der Waals surface area (Å²) in [6.45, 7) is 8.05. The molecule has 6 aliphatic rings. The summed E-state index contributed by atoms with van der Waals surface area (Å²) in [5.74, 6) is 7.87. The van der Waals surface area contributed by atoms with Crippen molar-refractivity contribution in [2.75, 3.05) is 6.61 Å². The Morgan fingerprint density at radius 1 is 1.07 bits per heavy atom. The fourth-order valence-corrected chi connectivity index (χ4v) is 7.57. The minimum Gasteiger partial charge on any atom is -0.462 e. The topological polar surface area (TPSA) is 26.3 Å². The lowest BCUT2D eigenvalue weighted by atomic mass is 9.71. The Hall–Kier alpha value is -1.57. The highest BCUT2D eigenvalue weighted by atomic mass is 16.5. The molecule has 6 rings (SSSR count). The van der Waals surface area contributed by atoms with Crippen molar-refractivity contribution in [3.8, 4) is 0 Å². The largest absolute Gasteiger partial charge is 0.462 e. The van der Waals surface area contributed by atoms with E-state index < -0.39 is 0 Å². The molecule has 0 N–H and O–H groups in total. The Balaban J connectivity index is 0.000000122. The third-order valence-corrected chi connectivity index (χ3v) is 8.69. The van der Waals surface area contributed by atoms with Crippen molar-refractivity contribution in [3.63, 3.8) is 0 Å². The van der Waals surface area contributed by atoms with Crippen LogP contribution in [-0.4, -0.2) is 12.6 Å². The van der Waals surface area contributed by atoms with Gasteiger partial charge in [-0.1, -0.05) is 42.5 Å². The maximum absolute atomic E-state index is 11.2. The molecule has 0 aliphatic heterocycles. The molecule has 0 aromatic carbocycles. The average molecular weight is 379 g/mol. The molecule has 2 heteroatoms. The van der Waals surface area contributed by atoms with E-state index in [0.29, 0.717) is 24.0 Å². The standard InChI is InChI=1S/C14H18.C12H16O2/c1-2-8-5-11-7-12(8)14-10-4-3-9(6-10)13(11)14;1-8(2)12(13)14-7-11-6-9-3-4-10(11)5-9/h2-4,9-14H,5-7H2,1H3;3-4,9-11H,1,5-7H2,2H3/b8-2+;. The van der Waals surface area contributed by atoms with Crippen LogP contribution in [-0.2, 0) is 9.53 Å². The second-order valence-electron chi connectivity index (χ2n) is 10.2. The van der Waals surface area contributed by atoms with Crippen LogP contribution in [0.2, 0.25) is 0 Å². The molecular formula is C26H34O2. The van der Waals surface area contributed by atoms with E-state index >= 15 is 0 Å². The molecule has 6 bridgehead atoms. The summed E-state index contributed by atoms with van der Waals surface area (Å²) in [5.41, 5.74) is 2.29. The number of hydrogen-bond donors (Lipinski definition) is 0. The van der Waals surface area contributed by atoms with Crippen molar-refractivity contribution >= 4 is 5.97 Å². The molecule has 0 heterocycles. The highest BCUT2D eigenvalue weighted by molar-refractivity contribution is 5.86. The van der Waals surface area contributed by atoms with Gasteiger partial charge in [0.05, 0.1) is 6.61 Å². The number of fused-ring (bicyclic) bond motifs is 11. The summed E-state index contributed by atoms with van der Waals surface area (Å²) in [7, 11) is 0. The third-order valence-electron chi connectivity index (χ3n) is 8.69. The van der Waals surface area contributed by atoms with Crippen LogP contribution >= 0.6 is 0 Å². The molecule has 0 aromatic rings. The van der Waals surface area contributed by atoms with Crippen LogP contribution in [0.4, 0.5) is 0 Å². The highest BCUT2D eigenvalue weighted by Crippen LogP contribution is 2.66. The first kappa shape index (κ1) is 18.5. The smallest absolute Gasteiger partial charge is 0.333 e. The number of carbonyl (C=O) groups excluding carboxylic acids is 1. The van der Waals surface area contributed by atoms with Crippen LogP contribution < -0.4 is 0 Å². The highest BCUT2D eigenvalue weighted by Gasteiger charge is 2.59. The minimum atomic E-state index is -0.253. The van der Waals surface area contributed by atoms with Gasteiger partial charge >= 0.3 is 5.97 Å². The first-order valence-electron chi connectivity index (χ1n) is 11.4. The SMILES string of the molecule is C/C=C1\CC2CC1C1C3C=CC(C3)C21.C=C(C)C(=O)OCC1CC2C=CC1C2. The van der Waals surface area contributed by atoms with E-state index in [4.69, 9.17) is 4.74 Å². The van der Waals surface area contributed by atoms with Gasteiger partial charge in [0.1, 0.15) is 0 Å². The van der Waals surface area contributed by atoms with Gasteiger partial charge in [-0.15, -0.1) is 0 Å². The van der Waals surface area contributed by atoms with E-state index in [2.05, 4.69) is 43.9 Å². The van der Waals surface area contributed by atoms with Gasteiger partial charge in [0.15, 0.2) is 0 Å². The number of allylic oxidation sites excluding steroid dienone is 6. The van der Waals surface area contributed by atoms with Gasteiger partial charge in [-0.2, -0.15) is 0 Å². The Bertz CT molecular complexity index is 756. The Morgan fingerprint density at radius 3 is 2.46 bits per heavy atom. The van der Waals surface area contributed by atoms with Crippen LogP contribution in [0.15, 0.2) is 48.1 Å². The predicted octanol–water partition coefficient (Wildman–Crippen LogP) is 5.73. The number of rotatable bonds is 3. The Kier molecular flexibility index (Phi) is 4.64. The van der Waals surface area contributed by atoms with Crippen LogP contribution in [0, 0.1) is 53.3 Å². The van der Waals surface area contributed by atoms with Crippen LogP contribution in [0.25, 0.3) is 0 Å². The lowest BCUT2D eigenvalue weighted by Crippen LogP contribution is -2.26. The maximum atomic E-state index is 11.2. The van der Waals surface area contributed by atoms with Gasteiger partial charge in [0.2, 0.25) is 0 Å². The number of carbonyl (C=O) groups is 1. The third kappa shape index (κ3) is 2.95. The Labute approximate surface area is 169 Å². The average Bonchev–Trinajstić information content (AvgIpc) is 3.50. The van der Waals surface area contributed by atoms with Crippen LogP contribution in [0.3, 0.4) is 0 Å². The van der Waals surface area contributed by atoms with Gasteiger partial charge in [-0.05, 0) is 99.2 Å². The van der Waals surface area contributed by atoms with E-state index in [1.165, 1.54) is 32.1 Å². The lowest BCUT2D eigenvalue weighted by molar-refractivity contribution is -0.140. The number of ether oxygens (including phenoxy) is 1. The second kappa shape index (κ2) is 7.04. The van der Waals surface area contributed by atoms with E-state index in [0.717, 1.165) is 41.4 Å². The number of hydrogen-bond acceptors (Lipinski definition) is 2. The molecule has 0 saturated heterocycles. The summed E-state index contributed by atoms with van der Waals surface area (Å²) in [6.07, 6.45) is 19.0. The van der Waals surface area contributed by atoms with Gasteiger partial charge in [-0.3, -0.25) is 0 Å². The molecule has 0 spiro atoms. The molecule has 0 radical (unpaired) electrons. The van der Waals surface area contributed by atoms with E-state index in [1.807, 2.05) is 0 Å². The zero-order valence-electron chi connectivity index (χ0n) is 17.3.